The number of aliphatic carboxylic acids is 1. The van der Waals surface area contributed by atoms with Crippen LogP contribution in [0, 0.1) is 0 Å². The van der Waals surface area contributed by atoms with Crippen molar-refractivity contribution in [2.75, 3.05) is 7.11 Å². The minimum absolute atomic E-state index is 0.0748. The van der Waals surface area contributed by atoms with Gasteiger partial charge in [0.2, 0.25) is 0 Å². The highest BCUT2D eigenvalue weighted by molar-refractivity contribution is 5.89. The number of hydrogen-bond acceptors (Lipinski definition) is 5. The average molecular weight is 382 g/mol. The first-order valence-corrected chi connectivity index (χ1v) is 9.13. The summed E-state index contributed by atoms with van der Waals surface area (Å²) in [5.74, 6) is -1.78. The molecule has 0 radical (unpaired) electrons. The number of hydrogen-bond donors (Lipinski definition) is 1. The topological polar surface area (TPSA) is 89.9 Å². The number of carboxylic acid groups (broad SMARTS) is 1. The molecule has 6 nitrogen and oxygen atoms in total. The number of allylic oxidation sites excluding steroid dienone is 1. The van der Waals surface area contributed by atoms with Gasteiger partial charge in [-0.2, -0.15) is 0 Å². The Morgan fingerprint density at radius 3 is 2.07 bits per heavy atom. The van der Waals surface area contributed by atoms with Gasteiger partial charge in [-0.05, 0) is 39.5 Å². The van der Waals surface area contributed by atoms with E-state index in [1.807, 2.05) is 6.92 Å². The zero-order valence-corrected chi connectivity index (χ0v) is 17.3. The van der Waals surface area contributed by atoms with Crippen molar-refractivity contribution in [3.8, 4) is 0 Å². The van der Waals surface area contributed by atoms with Gasteiger partial charge in [-0.3, -0.25) is 0 Å². The first-order valence-electron chi connectivity index (χ1n) is 9.13. The molecule has 6 heteroatoms. The fraction of sp³-hybridized carbons (Fsp3) is 0.571. The summed E-state index contributed by atoms with van der Waals surface area (Å²) in [7, 11) is 1.25. The Balaban J connectivity index is 0. The van der Waals surface area contributed by atoms with Crippen molar-refractivity contribution < 1.29 is 29.0 Å². The molecule has 0 bridgehead atoms. The molecule has 0 rings (SSSR count). The van der Waals surface area contributed by atoms with Crippen LogP contribution in [-0.4, -0.2) is 36.2 Å². The molecule has 1 atom stereocenters. The third kappa shape index (κ3) is 14.5. The second-order valence-electron chi connectivity index (χ2n) is 6.20. The minimum atomic E-state index is -1.00. The number of carboxylic acids is 1. The van der Waals surface area contributed by atoms with E-state index in [1.165, 1.54) is 33.0 Å². The van der Waals surface area contributed by atoms with Crippen molar-refractivity contribution >= 4 is 17.9 Å². The molecule has 0 heterocycles. The predicted molar refractivity (Wildman–Crippen MR) is 106 cm³/mol. The third-order valence-electron chi connectivity index (χ3n) is 3.67. The first kappa shape index (κ1) is 26.9. The molecule has 0 fully saturated rings. The van der Waals surface area contributed by atoms with E-state index < -0.39 is 11.9 Å². The molecule has 154 valence electrons. The molecule has 1 N–H and O–H groups in total. The molecule has 1 unspecified atom stereocenters. The number of unbranched alkanes of at least 4 members (excludes halogenated alkanes) is 2. The largest absolute Gasteiger partial charge is 0.478 e. The quantitative estimate of drug-likeness (QED) is 0.319. The lowest BCUT2D eigenvalue weighted by Gasteiger charge is -2.15. The summed E-state index contributed by atoms with van der Waals surface area (Å²) in [6.45, 7) is 14.4. The van der Waals surface area contributed by atoms with E-state index in [0.29, 0.717) is 5.57 Å². The summed E-state index contributed by atoms with van der Waals surface area (Å²) in [5, 5.41) is 8.48. The lowest BCUT2D eigenvalue weighted by molar-refractivity contribution is -0.144. The van der Waals surface area contributed by atoms with E-state index in [-0.39, 0.29) is 29.6 Å². The van der Waals surface area contributed by atoms with Gasteiger partial charge in [0.1, 0.15) is 6.10 Å². The predicted octanol–water partition coefficient (Wildman–Crippen LogP) is 4.60. The molecule has 0 aromatic heterocycles. The Morgan fingerprint density at radius 1 is 1.07 bits per heavy atom. The van der Waals surface area contributed by atoms with Gasteiger partial charge in [0, 0.05) is 16.7 Å². The highest BCUT2D eigenvalue weighted by atomic mass is 16.5. The van der Waals surface area contributed by atoms with Crippen LogP contribution in [0.15, 0.2) is 36.0 Å². The summed E-state index contributed by atoms with van der Waals surface area (Å²) in [6, 6.07) is 0. The summed E-state index contributed by atoms with van der Waals surface area (Å²) >= 11 is 0. The Labute approximate surface area is 162 Å². The van der Waals surface area contributed by atoms with Crippen molar-refractivity contribution in [1.29, 1.82) is 0 Å². The number of ether oxygens (including phenoxy) is 2. The number of carbonyl (C=O) groups is 3. The molecule has 0 aromatic carbocycles. The number of methoxy groups -OCH3 is 1. The standard InChI is InChI=1S/C12H22O2.C9H12O4/c1-5-7-8-9-11(6-2)14-12(13)10(3)4;1-6(8(10)11)4-5-7(2)9(12)13-3/h11H,3,5-9H2,1-2,4H3;4H,2,5H2,1,3H3,(H,10,11). The molecule has 0 aliphatic rings. The lowest BCUT2D eigenvalue weighted by atomic mass is 10.1. The van der Waals surface area contributed by atoms with Crippen LogP contribution in [0.5, 0.6) is 0 Å². The number of rotatable bonds is 11. The maximum atomic E-state index is 11.2. The van der Waals surface area contributed by atoms with E-state index in [9.17, 15) is 14.4 Å². The molecular formula is C21H34O6. The summed E-state index contributed by atoms with van der Waals surface area (Å²) in [5.41, 5.74) is 0.909. The van der Waals surface area contributed by atoms with Crippen LogP contribution in [0.4, 0.5) is 0 Å². The Bertz CT molecular complexity index is 545. The van der Waals surface area contributed by atoms with Gasteiger partial charge in [-0.25, -0.2) is 14.4 Å². The Morgan fingerprint density at radius 2 is 1.67 bits per heavy atom. The normalized spacial score (nSPS) is 11.5. The lowest BCUT2D eigenvalue weighted by Crippen LogP contribution is -2.17. The second kappa shape index (κ2) is 15.9. The first-order chi connectivity index (χ1) is 12.6. The Kier molecular flexibility index (Phi) is 15.8. The SMILES string of the molecule is C=C(C)C(=O)OC(CC)CCCCC.C=C(CC=C(C)C(=O)O)C(=O)OC. The molecule has 0 aliphatic heterocycles. The van der Waals surface area contributed by atoms with Gasteiger partial charge in [-0.15, -0.1) is 0 Å². The molecule has 0 aliphatic carbocycles. The van der Waals surface area contributed by atoms with Crippen molar-refractivity contribution in [3.05, 3.63) is 36.0 Å². The van der Waals surface area contributed by atoms with Crippen LogP contribution in [0.2, 0.25) is 0 Å². The molecule has 0 spiro atoms. The highest BCUT2D eigenvalue weighted by Crippen LogP contribution is 2.11. The maximum absolute atomic E-state index is 11.2. The number of esters is 2. The van der Waals surface area contributed by atoms with Gasteiger partial charge < -0.3 is 14.6 Å². The third-order valence-corrected chi connectivity index (χ3v) is 3.67. The van der Waals surface area contributed by atoms with Crippen LogP contribution in [0.25, 0.3) is 0 Å². The van der Waals surface area contributed by atoms with Crippen molar-refractivity contribution in [3.63, 3.8) is 0 Å². The van der Waals surface area contributed by atoms with Gasteiger partial charge in [0.15, 0.2) is 0 Å². The average Bonchev–Trinajstić information content (AvgIpc) is 2.64. The van der Waals surface area contributed by atoms with Crippen LogP contribution >= 0.6 is 0 Å². The van der Waals surface area contributed by atoms with Gasteiger partial charge in [0.25, 0.3) is 0 Å². The molecular weight excluding hydrogens is 348 g/mol. The van der Waals surface area contributed by atoms with Crippen LogP contribution < -0.4 is 0 Å². The van der Waals surface area contributed by atoms with E-state index >= 15 is 0 Å². The van der Waals surface area contributed by atoms with Crippen molar-refractivity contribution in [1.82, 2.24) is 0 Å². The minimum Gasteiger partial charge on any atom is -0.478 e. The number of carbonyl (C=O) groups excluding carboxylic acids is 2. The van der Waals surface area contributed by atoms with E-state index in [2.05, 4.69) is 24.8 Å². The van der Waals surface area contributed by atoms with E-state index in [1.54, 1.807) is 6.92 Å². The summed E-state index contributed by atoms with van der Waals surface area (Å²) < 4.78 is 9.66. The monoisotopic (exact) mass is 382 g/mol. The molecule has 0 saturated carbocycles. The summed E-state index contributed by atoms with van der Waals surface area (Å²) in [6.07, 6.45) is 7.11. The zero-order valence-electron chi connectivity index (χ0n) is 17.3. The smallest absolute Gasteiger partial charge is 0.333 e. The summed E-state index contributed by atoms with van der Waals surface area (Å²) in [4.78, 5) is 32.4. The van der Waals surface area contributed by atoms with Crippen LogP contribution in [-0.2, 0) is 23.9 Å². The van der Waals surface area contributed by atoms with Crippen LogP contribution in [0.3, 0.4) is 0 Å². The van der Waals surface area contributed by atoms with E-state index in [0.717, 1.165) is 19.3 Å². The maximum Gasteiger partial charge on any atom is 0.333 e. The molecule has 0 saturated heterocycles. The van der Waals surface area contributed by atoms with Gasteiger partial charge in [0.05, 0.1) is 7.11 Å². The Hall–Kier alpha value is -2.37. The fourth-order valence-corrected chi connectivity index (χ4v) is 1.81. The zero-order chi connectivity index (χ0) is 21.4. The second-order valence-corrected chi connectivity index (χ2v) is 6.20. The van der Waals surface area contributed by atoms with Crippen molar-refractivity contribution in [2.45, 2.75) is 72.3 Å². The van der Waals surface area contributed by atoms with Crippen LogP contribution in [0.1, 0.15) is 66.2 Å². The van der Waals surface area contributed by atoms with E-state index in [4.69, 9.17) is 9.84 Å². The van der Waals surface area contributed by atoms with Gasteiger partial charge in [-0.1, -0.05) is 45.9 Å². The fourth-order valence-electron chi connectivity index (χ4n) is 1.81. The van der Waals surface area contributed by atoms with Gasteiger partial charge >= 0.3 is 17.9 Å². The van der Waals surface area contributed by atoms with Crippen molar-refractivity contribution in [2.24, 2.45) is 0 Å². The molecule has 0 amide bonds. The molecule has 27 heavy (non-hydrogen) atoms. The highest BCUT2D eigenvalue weighted by Gasteiger charge is 2.12. The molecule has 0 aromatic rings.